The summed E-state index contributed by atoms with van der Waals surface area (Å²) >= 11 is 0. The Balaban J connectivity index is 1.04. The van der Waals surface area contributed by atoms with Crippen LogP contribution in [0.25, 0.3) is 5.95 Å². The molecule has 0 aliphatic carbocycles. The minimum Gasteiger partial charge on any atom is -0.454 e. The quantitative estimate of drug-likeness (QED) is 0.322. The number of benzene rings is 2. The fraction of sp³-hybridized carbons (Fsp3) is 0.333. The number of piperazine rings is 1. The van der Waals surface area contributed by atoms with Crippen LogP contribution in [0.15, 0.2) is 67.4 Å². The first kappa shape index (κ1) is 26.1. The maximum atomic E-state index is 13.2. The minimum absolute atomic E-state index is 0.000406. The lowest BCUT2D eigenvalue weighted by Crippen LogP contribution is -2.54. The third-order valence-electron chi connectivity index (χ3n) is 7.66. The number of hydrogen-bond acceptors (Lipinski definition) is 10. The molecule has 1 atom stereocenters. The van der Waals surface area contributed by atoms with Crippen molar-refractivity contribution in [1.29, 1.82) is 0 Å². The third-order valence-corrected chi connectivity index (χ3v) is 7.66. The van der Waals surface area contributed by atoms with E-state index in [0.29, 0.717) is 31.9 Å². The summed E-state index contributed by atoms with van der Waals surface area (Å²) in [6.07, 6.45) is 7.97. The molecule has 1 N–H and O–H groups in total. The zero-order valence-corrected chi connectivity index (χ0v) is 23.0. The van der Waals surface area contributed by atoms with Gasteiger partial charge >= 0.3 is 0 Å². The summed E-state index contributed by atoms with van der Waals surface area (Å²) in [7, 11) is 0. The number of imidazole rings is 1. The van der Waals surface area contributed by atoms with Gasteiger partial charge in [0.25, 0.3) is 0 Å². The molecule has 2 aromatic carbocycles. The summed E-state index contributed by atoms with van der Waals surface area (Å²) in [5.41, 5.74) is 2.23. The SMILES string of the molecule is O=C(CC1CN(Cc2ccc3c(c2)OCO3)CCN1c1ccnc(-n2ccnc2)n1)NCCc1ccc2c(c1)OCO2. The Morgan fingerprint density at radius 1 is 0.905 bits per heavy atom. The normalized spacial score (nSPS) is 17.4. The maximum Gasteiger partial charge on any atom is 0.236 e. The number of carbonyl (C=O) groups excluding carboxylic acids is 1. The lowest BCUT2D eigenvalue weighted by atomic mass is 10.1. The highest BCUT2D eigenvalue weighted by Gasteiger charge is 2.30. The Labute approximate surface area is 242 Å². The van der Waals surface area contributed by atoms with Gasteiger partial charge in [0.2, 0.25) is 25.4 Å². The fourth-order valence-electron chi connectivity index (χ4n) is 5.57. The predicted molar refractivity (Wildman–Crippen MR) is 152 cm³/mol. The number of hydrogen-bond donors (Lipinski definition) is 1. The molecule has 42 heavy (non-hydrogen) atoms. The van der Waals surface area contributed by atoms with Gasteiger partial charge in [0.05, 0.1) is 6.04 Å². The smallest absolute Gasteiger partial charge is 0.236 e. The third kappa shape index (κ3) is 5.66. The van der Waals surface area contributed by atoms with Gasteiger partial charge in [-0.2, -0.15) is 4.98 Å². The molecular formula is C30H31N7O5. The van der Waals surface area contributed by atoms with Crippen molar-refractivity contribution in [2.24, 2.45) is 0 Å². The number of carbonyl (C=O) groups is 1. The number of ether oxygens (including phenoxy) is 4. The molecule has 216 valence electrons. The van der Waals surface area contributed by atoms with Crippen LogP contribution in [0.1, 0.15) is 17.5 Å². The van der Waals surface area contributed by atoms with E-state index in [4.69, 9.17) is 23.9 Å². The van der Waals surface area contributed by atoms with Gasteiger partial charge < -0.3 is 29.2 Å². The Morgan fingerprint density at radius 2 is 1.67 bits per heavy atom. The van der Waals surface area contributed by atoms with Crippen LogP contribution >= 0.6 is 0 Å². The van der Waals surface area contributed by atoms with E-state index in [2.05, 4.69) is 31.2 Å². The van der Waals surface area contributed by atoms with Gasteiger partial charge in [-0.3, -0.25) is 14.3 Å². The molecule has 0 saturated carbocycles. The number of nitrogens with one attached hydrogen (secondary N) is 1. The van der Waals surface area contributed by atoms with Gasteiger partial charge in [0, 0.05) is 57.7 Å². The van der Waals surface area contributed by atoms with Gasteiger partial charge in [-0.15, -0.1) is 0 Å². The summed E-state index contributed by atoms with van der Waals surface area (Å²) in [4.78, 5) is 31.2. The molecule has 1 unspecified atom stereocenters. The number of aromatic nitrogens is 4. The van der Waals surface area contributed by atoms with Crippen LogP contribution in [0.4, 0.5) is 5.82 Å². The average Bonchev–Trinajstić information content (AvgIpc) is 3.79. The Kier molecular flexibility index (Phi) is 7.18. The first-order chi connectivity index (χ1) is 20.7. The minimum atomic E-state index is -0.0798. The van der Waals surface area contributed by atoms with Crippen LogP contribution < -0.4 is 29.2 Å². The standard InChI is InChI=1S/C30H31N7O5/c38-29(32-7-5-21-1-3-24-26(13-21)41-19-39-24)15-23-17-35(16-22-2-4-25-27(14-22)42-20-40-25)11-12-37(23)28-6-8-33-30(34-28)36-10-9-31-18-36/h1-4,6,8-10,13-14,18,23H,5,7,11-12,15-17,19-20H2,(H,32,38). The van der Waals surface area contributed by atoms with Crippen molar-refractivity contribution in [3.8, 4) is 28.9 Å². The highest BCUT2D eigenvalue weighted by Crippen LogP contribution is 2.34. The topological polar surface area (TPSA) is 116 Å². The Morgan fingerprint density at radius 3 is 2.45 bits per heavy atom. The number of nitrogens with zero attached hydrogens (tertiary/aromatic N) is 6. The molecule has 7 rings (SSSR count). The van der Waals surface area contributed by atoms with E-state index in [1.54, 1.807) is 23.3 Å². The van der Waals surface area contributed by atoms with Crippen LogP contribution in [-0.2, 0) is 17.8 Å². The van der Waals surface area contributed by atoms with Gasteiger partial charge in [-0.05, 0) is 47.9 Å². The van der Waals surface area contributed by atoms with Crippen molar-refractivity contribution in [2.45, 2.75) is 25.4 Å². The van der Waals surface area contributed by atoms with Crippen molar-refractivity contribution in [1.82, 2.24) is 29.7 Å². The molecule has 1 saturated heterocycles. The maximum absolute atomic E-state index is 13.2. The lowest BCUT2D eigenvalue weighted by molar-refractivity contribution is -0.121. The summed E-state index contributed by atoms with van der Waals surface area (Å²) in [6.45, 7) is 4.02. The molecule has 1 fully saturated rings. The number of rotatable bonds is 9. The van der Waals surface area contributed by atoms with E-state index < -0.39 is 0 Å². The van der Waals surface area contributed by atoms with E-state index in [0.717, 1.165) is 59.6 Å². The molecule has 12 nitrogen and oxygen atoms in total. The number of anilines is 1. The van der Waals surface area contributed by atoms with Crippen molar-refractivity contribution < 1.29 is 23.7 Å². The van der Waals surface area contributed by atoms with Gasteiger partial charge in [-0.25, -0.2) is 9.97 Å². The second kappa shape index (κ2) is 11.6. The molecule has 1 amide bonds. The highest BCUT2D eigenvalue weighted by atomic mass is 16.7. The van der Waals surface area contributed by atoms with Gasteiger partial charge in [0.1, 0.15) is 12.1 Å². The summed E-state index contributed by atoms with van der Waals surface area (Å²) in [5.74, 6) is 4.38. The zero-order chi connectivity index (χ0) is 28.3. The number of fused-ring (bicyclic) bond motifs is 2. The Bertz CT molecular complexity index is 1560. The lowest BCUT2D eigenvalue weighted by Gasteiger charge is -2.42. The molecule has 0 spiro atoms. The molecular weight excluding hydrogens is 538 g/mol. The van der Waals surface area contributed by atoms with Gasteiger partial charge in [0.15, 0.2) is 23.0 Å². The second-order valence-electron chi connectivity index (χ2n) is 10.4. The molecule has 3 aliphatic rings. The predicted octanol–water partition coefficient (Wildman–Crippen LogP) is 2.56. The summed E-state index contributed by atoms with van der Waals surface area (Å²) < 4.78 is 23.7. The van der Waals surface area contributed by atoms with Crippen molar-refractivity contribution in [3.05, 3.63) is 78.5 Å². The molecule has 5 heterocycles. The van der Waals surface area contributed by atoms with E-state index in [1.165, 1.54) is 0 Å². The highest BCUT2D eigenvalue weighted by molar-refractivity contribution is 5.77. The van der Waals surface area contributed by atoms with Crippen LogP contribution in [-0.4, -0.2) is 76.1 Å². The van der Waals surface area contributed by atoms with E-state index in [1.807, 2.05) is 42.6 Å². The van der Waals surface area contributed by atoms with Crippen LogP contribution in [0.5, 0.6) is 23.0 Å². The fourth-order valence-corrected chi connectivity index (χ4v) is 5.57. The van der Waals surface area contributed by atoms with Crippen molar-refractivity contribution in [2.75, 3.05) is 44.7 Å². The Hall–Kier alpha value is -4.84. The van der Waals surface area contributed by atoms with E-state index in [9.17, 15) is 4.79 Å². The monoisotopic (exact) mass is 569 g/mol. The first-order valence-electron chi connectivity index (χ1n) is 14.0. The molecule has 4 aromatic rings. The van der Waals surface area contributed by atoms with Crippen LogP contribution in [0.3, 0.4) is 0 Å². The van der Waals surface area contributed by atoms with Crippen molar-refractivity contribution in [3.63, 3.8) is 0 Å². The van der Waals surface area contributed by atoms with Crippen LogP contribution in [0, 0.1) is 0 Å². The molecule has 12 heteroatoms. The zero-order valence-electron chi connectivity index (χ0n) is 23.0. The number of amides is 1. The molecule has 3 aliphatic heterocycles. The van der Waals surface area contributed by atoms with E-state index in [-0.39, 0.29) is 25.5 Å². The largest absolute Gasteiger partial charge is 0.454 e. The molecule has 0 radical (unpaired) electrons. The van der Waals surface area contributed by atoms with Crippen molar-refractivity contribution >= 4 is 11.7 Å². The molecule has 2 aromatic heterocycles. The molecule has 0 bridgehead atoms. The van der Waals surface area contributed by atoms with Gasteiger partial charge in [-0.1, -0.05) is 12.1 Å². The first-order valence-corrected chi connectivity index (χ1v) is 14.0. The van der Waals surface area contributed by atoms with E-state index >= 15 is 0 Å². The van der Waals surface area contributed by atoms with Crippen LogP contribution in [0.2, 0.25) is 0 Å². The second-order valence-corrected chi connectivity index (χ2v) is 10.4. The average molecular weight is 570 g/mol. The summed E-state index contributed by atoms with van der Waals surface area (Å²) in [6, 6.07) is 13.8. The summed E-state index contributed by atoms with van der Waals surface area (Å²) in [5, 5.41) is 3.11.